The van der Waals surface area contributed by atoms with E-state index in [0.717, 1.165) is 18.3 Å². The van der Waals surface area contributed by atoms with Crippen LogP contribution in [0.15, 0.2) is 42.5 Å². The second-order valence-corrected chi connectivity index (χ2v) is 6.28. The summed E-state index contributed by atoms with van der Waals surface area (Å²) >= 11 is 12.3. The number of ether oxygens (including phenoxy) is 1. The van der Waals surface area contributed by atoms with Crippen molar-refractivity contribution < 1.29 is 4.74 Å². The zero-order valence-electron chi connectivity index (χ0n) is 13.0. The van der Waals surface area contributed by atoms with Gasteiger partial charge < -0.3 is 4.74 Å². The van der Waals surface area contributed by atoms with Crippen molar-refractivity contribution in [2.24, 2.45) is 0 Å². The standard InChI is InChI=1S/C18H20BCl2O/c1-13-3-5-14(6-4-13)12-22-18(9-10-19-2)16-8-7-15(20)11-17(16)21/h3-8,11,18H,9-10,12H2,1-2H3. The molecule has 1 nitrogen and oxygen atoms in total. The number of hydrogen-bond acceptors (Lipinski definition) is 1. The first-order valence-corrected chi connectivity index (χ1v) is 8.25. The van der Waals surface area contributed by atoms with E-state index >= 15 is 0 Å². The van der Waals surface area contributed by atoms with Crippen molar-refractivity contribution in [3.8, 4) is 0 Å². The summed E-state index contributed by atoms with van der Waals surface area (Å²) in [6.45, 7) is 4.71. The number of benzene rings is 2. The summed E-state index contributed by atoms with van der Waals surface area (Å²) in [5, 5.41) is 1.31. The first-order valence-electron chi connectivity index (χ1n) is 7.50. The maximum Gasteiger partial charge on any atom is 0.105 e. The summed E-state index contributed by atoms with van der Waals surface area (Å²) in [6, 6.07) is 14.0. The molecule has 2 aromatic rings. The van der Waals surface area contributed by atoms with Crippen molar-refractivity contribution in [3.63, 3.8) is 0 Å². The second kappa shape index (κ2) is 8.62. The van der Waals surface area contributed by atoms with Crippen LogP contribution in [-0.4, -0.2) is 7.28 Å². The Morgan fingerprint density at radius 2 is 1.82 bits per heavy atom. The molecule has 1 radical (unpaired) electrons. The molecule has 1 atom stereocenters. The second-order valence-electron chi connectivity index (χ2n) is 5.44. The van der Waals surface area contributed by atoms with Gasteiger partial charge in [-0.2, -0.15) is 0 Å². The van der Waals surface area contributed by atoms with Crippen LogP contribution < -0.4 is 0 Å². The van der Waals surface area contributed by atoms with Crippen LogP contribution in [0.1, 0.15) is 29.2 Å². The molecule has 1 unspecified atom stereocenters. The molecule has 115 valence electrons. The lowest BCUT2D eigenvalue weighted by Gasteiger charge is -2.20. The van der Waals surface area contributed by atoms with Gasteiger partial charge >= 0.3 is 0 Å². The Morgan fingerprint density at radius 1 is 1.09 bits per heavy atom. The molecule has 0 amide bonds. The molecule has 0 fully saturated rings. The Balaban J connectivity index is 2.10. The van der Waals surface area contributed by atoms with E-state index < -0.39 is 0 Å². The van der Waals surface area contributed by atoms with Gasteiger partial charge in [-0.3, -0.25) is 0 Å². The topological polar surface area (TPSA) is 9.23 Å². The Labute approximate surface area is 143 Å². The number of halogens is 2. The van der Waals surface area contributed by atoms with Crippen LogP contribution in [0.5, 0.6) is 0 Å². The largest absolute Gasteiger partial charge is 0.369 e. The molecule has 2 rings (SSSR count). The van der Waals surface area contributed by atoms with Crippen LogP contribution in [0.25, 0.3) is 0 Å². The van der Waals surface area contributed by atoms with E-state index in [1.807, 2.05) is 12.1 Å². The highest BCUT2D eigenvalue weighted by Gasteiger charge is 2.15. The highest BCUT2D eigenvalue weighted by Crippen LogP contribution is 2.32. The SMILES string of the molecule is C[B]CCC(OCc1ccc(C)cc1)c1ccc(Cl)cc1Cl. The average Bonchev–Trinajstić information content (AvgIpc) is 2.50. The number of rotatable bonds is 7. The third-order valence-corrected chi connectivity index (χ3v) is 4.16. The van der Waals surface area contributed by atoms with Crippen LogP contribution in [0, 0.1) is 6.92 Å². The average molecular weight is 334 g/mol. The summed E-state index contributed by atoms with van der Waals surface area (Å²) in [7, 11) is 2.14. The lowest BCUT2D eigenvalue weighted by Crippen LogP contribution is -2.06. The fraction of sp³-hybridized carbons (Fsp3) is 0.333. The Hall–Kier alpha value is -0.955. The van der Waals surface area contributed by atoms with Crippen molar-refractivity contribution in [3.05, 3.63) is 69.2 Å². The van der Waals surface area contributed by atoms with E-state index in [1.54, 1.807) is 6.07 Å². The lowest BCUT2D eigenvalue weighted by molar-refractivity contribution is 0.0372. The van der Waals surface area contributed by atoms with Gasteiger partial charge in [-0.05, 0) is 36.6 Å². The molecule has 0 spiro atoms. The summed E-state index contributed by atoms with van der Waals surface area (Å²) in [5.74, 6) is 0. The molecule has 22 heavy (non-hydrogen) atoms. The first-order chi connectivity index (χ1) is 10.6. The predicted molar refractivity (Wildman–Crippen MR) is 96.2 cm³/mol. The van der Waals surface area contributed by atoms with Gasteiger partial charge in [0, 0.05) is 10.0 Å². The van der Waals surface area contributed by atoms with E-state index in [4.69, 9.17) is 27.9 Å². The van der Waals surface area contributed by atoms with Crippen molar-refractivity contribution in [1.82, 2.24) is 0 Å². The Morgan fingerprint density at radius 3 is 2.45 bits per heavy atom. The van der Waals surface area contributed by atoms with Crippen LogP contribution in [0.4, 0.5) is 0 Å². The number of hydrogen-bond donors (Lipinski definition) is 0. The van der Waals surface area contributed by atoms with Gasteiger partial charge in [-0.1, -0.05) is 72.2 Å². The van der Waals surface area contributed by atoms with E-state index in [2.05, 4.69) is 45.3 Å². The van der Waals surface area contributed by atoms with Gasteiger partial charge in [0.2, 0.25) is 0 Å². The minimum absolute atomic E-state index is 0.0257. The minimum atomic E-state index is -0.0257. The Bertz CT molecular complexity index is 599. The normalized spacial score (nSPS) is 12.2. The summed E-state index contributed by atoms with van der Waals surface area (Å²) in [5.41, 5.74) is 3.42. The van der Waals surface area contributed by atoms with Gasteiger partial charge in [0.25, 0.3) is 0 Å². The summed E-state index contributed by atoms with van der Waals surface area (Å²) in [6.07, 6.45) is 1.86. The lowest BCUT2D eigenvalue weighted by atomic mass is 9.75. The third kappa shape index (κ3) is 5.05. The Kier molecular flexibility index (Phi) is 6.82. The van der Waals surface area contributed by atoms with Crippen molar-refractivity contribution in [1.29, 1.82) is 0 Å². The van der Waals surface area contributed by atoms with Gasteiger partial charge in [0.1, 0.15) is 7.28 Å². The molecular weight excluding hydrogens is 314 g/mol. The van der Waals surface area contributed by atoms with Crippen molar-refractivity contribution in [2.45, 2.75) is 39.2 Å². The van der Waals surface area contributed by atoms with E-state index in [9.17, 15) is 0 Å². The summed E-state index contributed by atoms with van der Waals surface area (Å²) in [4.78, 5) is 0. The third-order valence-electron chi connectivity index (χ3n) is 3.60. The van der Waals surface area contributed by atoms with Crippen molar-refractivity contribution >= 4 is 30.5 Å². The maximum absolute atomic E-state index is 6.33. The highest BCUT2D eigenvalue weighted by molar-refractivity contribution is 6.35. The molecule has 0 N–H and O–H groups in total. The maximum atomic E-state index is 6.33. The smallest absolute Gasteiger partial charge is 0.105 e. The minimum Gasteiger partial charge on any atom is -0.369 e. The monoisotopic (exact) mass is 333 g/mol. The highest BCUT2D eigenvalue weighted by atomic mass is 35.5. The molecule has 0 aliphatic carbocycles. The first kappa shape index (κ1) is 17.4. The molecule has 0 saturated carbocycles. The molecule has 0 aliphatic rings. The van der Waals surface area contributed by atoms with Crippen LogP contribution in [0.3, 0.4) is 0 Å². The fourth-order valence-electron chi connectivity index (χ4n) is 2.29. The molecule has 4 heteroatoms. The van der Waals surface area contributed by atoms with Gasteiger partial charge in [0.15, 0.2) is 0 Å². The molecule has 0 saturated heterocycles. The van der Waals surface area contributed by atoms with Gasteiger partial charge in [0.05, 0.1) is 12.7 Å². The molecule has 2 aromatic carbocycles. The molecule has 0 aromatic heterocycles. The quantitative estimate of drug-likeness (QED) is 0.554. The molecular formula is C18H20BCl2O. The van der Waals surface area contributed by atoms with E-state index in [1.165, 1.54) is 11.1 Å². The van der Waals surface area contributed by atoms with Gasteiger partial charge in [-0.15, -0.1) is 0 Å². The zero-order chi connectivity index (χ0) is 15.9. The molecule has 0 heterocycles. The van der Waals surface area contributed by atoms with Gasteiger partial charge in [-0.25, -0.2) is 0 Å². The number of aryl methyl sites for hydroxylation is 1. The molecule has 0 bridgehead atoms. The van der Waals surface area contributed by atoms with Crippen LogP contribution >= 0.6 is 23.2 Å². The van der Waals surface area contributed by atoms with E-state index in [-0.39, 0.29) is 6.10 Å². The van der Waals surface area contributed by atoms with E-state index in [0.29, 0.717) is 16.7 Å². The van der Waals surface area contributed by atoms with Crippen LogP contribution in [-0.2, 0) is 11.3 Å². The van der Waals surface area contributed by atoms with Crippen molar-refractivity contribution in [2.75, 3.05) is 0 Å². The molecule has 0 aliphatic heterocycles. The predicted octanol–water partition coefficient (Wildman–Crippen LogP) is 6.12. The summed E-state index contributed by atoms with van der Waals surface area (Å²) < 4.78 is 6.13. The van der Waals surface area contributed by atoms with Crippen LogP contribution in [0.2, 0.25) is 23.2 Å². The fourth-order valence-corrected chi connectivity index (χ4v) is 2.82. The zero-order valence-corrected chi connectivity index (χ0v) is 14.5.